The maximum absolute atomic E-state index is 12.4. The van der Waals surface area contributed by atoms with Gasteiger partial charge in [-0.25, -0.2) is 4.98 Å². The van der Waals surface area contributed by atoms with Crippen LogP contribution in [0.5, 0.6) is 10.9 Å². The van der Waals surface area contributed by atoms with E-state index < -0.39 is 0 Å². The van der Waals surface area contributed by atoms with Gasteiger partial charge >= 0.3 is 0 Å². The van der Waals surface area contributed by atoms with Gasteiger partial charge in [-0.1, -0.05) is 35.6 Å². The summed E-state index contributed by atoms with van der Waals surface area (Å²) in [5.41, 5.74) is 3.94. The van der Waals surface area contributed by atoms with E-state index in [0.717, 1.165) is 16.9 Å². The Balaban J connectivity index is 1.33. The lowest BCUT2D eigenvalue weighted by Crippen LogP contribution is -2.22. The minimum atomic E-state index is -0.0880. The summed E-state index contributed by atoms with van der Waals surface area (Å²) in [6, 6.07) is 17.3. The molecule has 134 valence electrons. The summed E-state index contributed by atoms with van der Waals surface area (Å²) < 4.78 is 5.63. The van der Waals surface area contributed by atoms with Crippen LogP contribution in [0.15, 0.2) is 76.9 Å². The summed E-state index contributed by atoms with van der Waals surface area (Å²) in [5, 5.41) is 9.57. The van der Waals surface area contributed by atoms with Crippen molar-refractivity contribution in [2.24, 2.45) is 0 Å². The largest absolute Gasteiger partial charge is 0.431 e. The molecule has 1 N–H and O–H groups in total. The predicted molar refractivity (Wildman–Crippen MR) is 110 cm³/mol. The van der Waals surface area contributed by atoms with Crippen molar-refractivity contribution in [2.75, 3.05) is 0 Å². The van der Waals surface area contributed by atoms with E-state index in [-0.39, 0.29) is 5.91 Å². The average molecular weight is 393 g/mol. The lowest BCUT2D eigenvalue weighted by Gasteiger charge is -2.07. The van der Waals surface area contributed by atoms with Crippen LogP contribution in [0.1, 0.15) is 15.9 Å². The quantitative estimate of drug-likeness (QED) is 0.465. The average Bonchev–Trinajstić information content (AvgIpc) is 3.42. The van der Waals surface area contributed by atoms with Crippen molar-refractivity contribution in [2.45, 2.75) is 6.54 Å². The summed E-state index contributed by atoms with van der Waals surface area (Å²) >= 11 is 3.11. The van der Waals surface area contributed by atoms with E-state index in [4.69, 9.17) is 4.74 Å². The van der Waals surface area contributed by atoms with Gasteiger partial charge in [0.15, 0.2) is 0 Å². The lowest BCUT2D eigenvalue weighted by atomic mass is 10.1. The Bertz CT molecular complexity index is 994. The van der Waals surface area contributed by atoms with Gasteiger partial charge in [-0.15, -0.1) is 0 Å². The molecule has 0 unspecified atom stereocenters. The van der Waals surface area contributed by atoms with Crippen LogP contribution in [0.3, 0.4) is 0 Å². The number of amides is 1. The number of aromatic nitrogens is 1. The first-order chi connectivity index (χ1) is 13.3. The predicted octanol–water partition coefficient (Wildman–Crippen LogP) is 5.59. The first-order valence-electron chi connectivity index (χ1n) is 8.35. The van der Waals surface area contributed by atoms with Crippen molar-refractivity contribution >= 4 is 28.6 Å². The van der Waals surface area contributed by atoms with Gasteiger partial charge in [-0.2, -0.15) is 11.3 Å². The van der Waals surface area contributed by atoms with Crippen molar-refractivity contribution in [3.05, 3.63) is 88.1 Å². The first kappa shape index (κ1) is 17.5. The molecule has 0 aliphatic heterocycles. The van der Waals surface area contributed by atoms with Crippen molar-refractivity contribution < 1.29 is 9.53 Å². The fourth-order valence-corrected chi connectivity index (χ4v) is 3.73. The minimum absolute atomic E-state index is 0.0880. The van der Waals surface area contributed by atoms with Crippen LogP contribution in [0.2, 0.25) is 0 Å². The second-order valence-electron chi connectivity index (χ2n) is 5.82. The third kappa shape index (κ3) is 4.42. The maximum Gasteiger partial charge on any atom is 0.278 e. The Morgan fingerprint density at radius 3 is 2.44 bits per heavy atom. The zero-order chi connectivity index (χ0) is 18.5. The number of ether oxygens (including phenoxy) is 1. The maximum atomic E-state index is 12.4. The molecular formula is C21H16N2O2S2. The second-order valence-corrected chi connectivity index (χ2v) is 7.45. The van der Waals surface area contributed by atoms with Gasteiger partial charge in [-0.3, -0.25) is 4.79 Å². The summed E-state index contributed by atoms with van der Waals surface area (Å²) in [6.07, 6.45) is 1.71. The molecule has 0 bridgehead atoms. The van der Waals surface area contributed by atoms with E-state index in [1.54, 1.807) is 17.5 Å². The summed E-state index contributed by atoms with van der Waals surface area (Å²) in [7, 11) is 0. The Kier molecular flexibility index (Phi) is 5.27. The Labute approximate surface area is 165 Å². The standard InChI is InChI=1S/C21H16N2O2S2/c24-20(17-5-3-16(4-6-17)18-9-11-26-14-18)23-13-15-1-7-19(8-2-15)25-21-22-10-12-27-21/h1-12,14H,13H2,(H,23,24). The van der Waals surface area contributed by atoms with E-state index in [9.17, 15) is 4.79 Å². The first-order valence-corrected chi connectivity index (χ1v) is 10.2. The lowest BCUT2D eigenvalue weighted by molar-refractivity contribution is 0.0951. The van der Waals surface area contributed by atoms with Gasteiger partial charge in [0.1, 0.15) is 5.75 Å². The molecule has 1 amide bonds. The van der Waals surface area contributed by atoms with E-state index in [2.05, 4.69) is 21.7 Å². The number of carbonyl (C=O) groups is 1. The molecule has 2 aromatic carbocycles. The van der Waals surface area contributed by atoms with Crippen LogP contribution in [0.25, 0.3) is 11.1 Å². The minimum Gasteiger partial charge on any atom is -0.431 e. The third-order valence-corrected chi connectivity index (χ3v) is 5.32. The molecule has 0 aliphatic carbocycles. The molecule has 4 aromatic rings. The number of nitrogens with zero attached hydrogens (tertiary/aromatic N) is 1. The molecule has 0 radical (unpaired) electrons. The highest BCUT2D eigenvalue weighted by atomic mass is 32.1. The van der Waals surface area contributed by atoms with E-state index >= 15 is 0 Å². The molecule has 0 saturated carbocycles. The van der Waals surface area contributed by atoms with E-state index in [1.807, 2.05) is 59.3 Å². The molecule has 0 aliphatic rings. The fraction of sp³-hybridized carbons (Fsp3) is 0.0476. The number of hydrogen-bond acceptors (Lipinski definition) is 5. The van der Waals surface area contributed by atoms with Crippen molar-refractivity contribution in [1.29, 1.82) is 0 Å². The fourth-order valence-electron chi connectivity index (χ4n) is 2.56. The Morgan fingerprint density at radius 1 is 0.963 bits per heavy atom. The molecule has 2 heterocycles. The van der Waals surface area contributed by atoms with Gasteiger partial charge in [-0.05, 0) is 57.8 Å². The molecule has 27 heavy (non-hydrogen) atoms. The van der Waals surface area contributed by atoms with Crippen molar-refractivity contribution in [1.82, 2.24) is 10.3 Å². The smallest absolute Gasteiger partial charge is 0.278 e. The highest BCUT2D eigenvalue weighted by molar-refractivity contribution is 7.11. The van der Waals surface area contributed by atoms with Gasteiger partial charge in [0.25, 0.3) is 11.1 Å². The van der Waals surface area contributed by atoms with Crippen molar-refractivity contribution in [3.63, 3.8) is 0 Å². The van der Waals surface area contributed by atoms with E-state index in [0.29, 0.717) is 17.3 Å². The van der Waals surface area contributed by atoms with Gasteiger partial charge < -0.3 is 10.1 Å². The Morgan fingerprint density at radius 2 is 1.78 bits per heavy atom. The van der Waals surface area contributed by atoms with Crippen LogP contribution in [-0.4, -0.2) is 10.9 Å². The van der Waals surface area contributed by atoms with Gasteiger partial charge in [0, 0.05) is 23.7 Å². The number of benzene rings is 2. The number of hydrogen-bond donors (Lipinski definition) is 1. The number of rotatable bonds is 6. The molecular weight excluding hydrogens is 376 g/mol. The highest BCUT2D eigenvalue weighted by Gasteiger charge is 2.07. The van der Waals surface area contributed by atoms with Crippen LogP contribution >= 0.6 is 22.7 Å². The van der Waals surface area contributed by atoms with E-state index in [1.165, 1.54) is 16.9 Å². The monoisotopic (exact) mass is 392 g/mol. The third-order valence-electron chi connectivity index (χ3n) is 3.99. The highest BCUT2D eigenvalue weighted by Crippen LogP contribution is 2.24. The molecule has 0 atom stereocenters. The molecule has 4 rings (SSSR count). The van der Waals surface area contributed by atoms with Crippen LogP contribution < -0.4 is 10.1 Å². The van der Waals surface area contributed by atoms with Crippen LogP contribution in [0, 0.1) is 0 Å². The summed E-state index contributed by atoms with van der Waals surface area (Å²) in [6.45, 7) is 0.461. The zero-order valence-corrected chi connectivity index (χ0v) is 15.9. The molecule has 2 aromatic heterocycles. The number of thiazole rings is 1. The van der Waals surface area contributed by atoms with Crippen molar-refractivity contribution in [3.8, 4) is 22.1 Å². The zero-order valence-electron chi connectivity index (χ0n) is 14.3. The Hall–Kier alpha value is -2.96. The molecule has 0 fully saturated rings. The van der Waals surface area contributed by atoms with Gasteiger partial charge in [0.2, 0.25) is 0 Å². The normalized spacial score (nSPS) is 10.5. The topological polar surface area (TPSA) is 51.2 Å². The number of carbonyl (C=O) groups excluding carboxylic acids is 1. The number of thiophene rings is 1. The molecule has 0 saturated heterocycles. The molecule has 4 nitrogen and oxygen atoms in total. The molecule has 0 spiro atoms. The summed E-state index contributed by atoms with van der Waals surface area (Å²) in [4.78, 5) is 16.4. The molecule has 6 heteroatoms. The number of nitrogens with one attached hydrogen (secondary N) is 1. The second kappa shape index (κ2) is 8.16. The van der Waals surface area contributed by atoms with Crippen LogP contribution in [0.4, 0.5) is 0 Å². The summed E-state index contributed by atoms with van der Waals surface area (Å²) in [5.74, 6) is 0.638. The van der Waals surface area contributed by atoms with Gasteiger partial charge in [0.05, 0.1) is 0 Å². The SMILES string of the molecule is O=C(NCc1ccc(Oc2nccs2)cc1)c1ccc(-c2ccsc2)cc1. The van der Waals surface area contributed by atoms with Crippen LogP contribution in [-0.2, 0) is 6.54 Å².